The molecular formula is C15H20N2O. The Morgan fingerprint density at radius 1 is 1.44 bits per heavy atom. The maximum absolute atomic E-state index is 11.7. The first-order valence-corrected chi connectivity index (χ1v) is 6.33. The molecule has 1 aromatic carbocycles. The minimum absolute atomic E-state index is 0.0382. The molecule has 0 aliphatic rings. The van der Waals surface area contributed by atoms with Crippen LogP contribution in [-0.2, 0) is 0 Å². The van der Waals surface area contributed by atoms with Crippen LogP contribution in [0.15, 0.2) is 18.2 Å². The van der Waals surface area contributed by atoms with Crippen molar-refractivity contribution in [1.82, 2.24) is 0 Å². The predicted octanol–water partition coefficient (Wildman–Crippen LogP) is 3.39. The first-order valence-electron chi connectivity index (χ1n) is 6.33. The van der Waals surface area contributed by atoms with Crippen molar-refractivity contribution >= 4 is 11.5 Å². The van der Waals surface area contributed by atoms with Crippen LogP contribution in [0.4, 0.5) is 5.69 Å². The monoisotopic (exact) mass is 244 g/mol. The molecule has 0 aliphatic heterocycles. The van der Waals surface area contributed by atoms with Crippen molar-refractivity contribution in [2.45, 2.75) is 40.2 Å². The highest BCUT2D eigenvalue weighted by molar-refractivity contribution is 6.00. The van der Waals surface area contributed by atoms with Crippen molar-refractivity contribution in [3.63, 3.8) is 0 Å². The second-order valence-electron chi connectivity index (χ2n) is 4.69. The van der Waals surface area contributed by atoms with Gasteiger partial charge in [-0.05, 0) is 45.4 Å². The SMILES string of the molecule is CCCN(c1cc(C#N)ccc1C(C)=O)C(C)C. The zero-order chi connectivity index (χ0) is 13.7. The van der Waals surface area contributed by atoms with Gasteiger partial charge in [0.1, 0.15) is 0 Å². The molecule has 1 aromatic rings. The lowest BCUT2D eigenvalue weighted by atomic mass is 10.0. The number of benzene rings is 1. The molecule has 1 rings (SSSR count). The maximum atomic E-state index is 11.7. The van der Waals surface area contributed by atoms with Crippen LogP contribution in [0, 0.1) is 11.3 Å². The van der Waals surface area contributed by atoms with Gasteiger partial charge in [0.2, 0.25) is 0 Å². The van der Waals surface area contributed by atoms with Gasteiger partial charge in [0.15, 0.2) is 5.78 Å². The number of carbonyl (C=O) groups is 1. The molecule has 3 heteroatoms. The predicted molar refractivity (Wildman–Crippen MR) is 73.9 cm³/mol. The Kier molecular flexibility index (Phi) is 4.91. The van der Waals surface area contributed by atoms with E-state index in [4.69, 9.17) is 5.26 Å². The van der Waals surface area contributed by atoms with Crippen LogP contribution in [-0.4, -0.2) is 18.4 Å². The summed E-state index contributed by atoms with van der Waals surface area (Å²) in [5.41, 5.74) is 2.16. The van der Waals surface area contributed by atoms with Crippen molar-refractivity contribution in [2.75, 3.05) is 11.4 Å². The first kappa shape index (κ1) is 14.2. The minimum Gasteiger partial charge on any atom is -0.368 e. The van der Waals surface area contributed by atoms with E-state index >= 15 is 0 Å². The minimum atomic E-state index is 0.0382. The fourth-order valence-electron chi connectivity index (χ4n) is 2.03. The summed E-state index contributed by atoms with van der Waals surface area (Å²) in [6.45, 7) is 8.75. The molecule has 0 spiro atoms. The van der Waals surface area contributed by atoms with Gasteiger partial charge < -0.3 is 4.90 Å². The van der Waals surface area contributed by atoms with E-state index in [1.165, 1.54) is 0 Å². The van der Waals surface area contributed by atoms with Crippen molar-refractivity contribution < 1.29 is 4.79 Å². The van der Waals surface area contributed by atoms with Crippen LogP contribution in [0.5, 0.6) is 0 Å². The van der Waals surface area contributed by atoms with E-state index in [0.717, 1.165) is 18.7 Å². The van der Waals surface area contributed by atoms with Gasteiger partial charge in [0.25, 0.3) is 0 Å². The van der Waals surface area contributed by atoms with Crippen LogP contribution < -0.4 is 4.90 Å². The third kappa shape index (κ3) is 3.10. The molecule has 0 fully saturated rings. The lowest BCUT2D eigenvalue weighted by molar-refractivity contribution is 0.101. The fourth-order valence-corrected chi connectivity index (χ4v) is 2.03. The Bertz CT molecular complexity index is 472. The number of carbonyl (C=O) groups excluding carboxylic acids is 1. The number of ketones is 1. The summed E-state index contributed by atoms with van der Waals surface area (Å²) in [5, 5.41) is 8.99. The molecule has 0 bridgehead atoms. The Labute approximate surface area is 109 Å². The van der Waals surface area contributed by atoms with Crippen molar-refractivity contribution in [3.05, 3.63) is 29.3 Å². The van der Waals surface area contributed by atoms with E-state index in [-0.39, 0.29) is 5.78 Å². The lowest BCUT2D eigenvalue weighted by Gasteiger charge is -2.30. The van der Waals surface area contributed by atoms with Gasteiger partial charge in [-0.3, -0.25) is 4.79 Å². The normalized spacial score (nSPS) is 10.2. The van der Waals surface area contributed by atoms with E-state index in [9.17, 15) is 4.79 Å². The average molecular weight is 244 g/mol. The quantitative estimate of drug-likeness (QED) is 0.746. The number of Topliss-reactive ketones (excluding diaryl/α,β-unsaturated/α-hetero) is 1. The van der Waals surface area contributed by atoms with E-state index < -0.39 is 0 Å². The highest BCUT2D eigenvalue weighted by Crippen LogP contribution is 2.25. The summed E-state index contributed by atoms with van der Waals surface area (Å²) >= 11 is 0. The topological polar surface area (TPSA) is 44.1 Å². The number of anilines is 1. The number of hydrogen-bond acceptors (Lipinski definition) is 3. The van der Waals surface area contributed by atoms with Crippen LogP contribution in [0.3, 0.4) is 0 Å². The van der Waals surface area contributed by atoms with Crippen LogP contribution >= 0.6 is 0 Å². The summed E-state index contributed by atoms with van der Waals surface area (Å²) in [6, 6.07) is 7.70. The largest absolute Gasteiger partial charge is 0.368 e. The number of hydrogen-bond donors (Lipinski definition) is 0. The summed E-state index contributed by atoms with van der Waals surface area (Å²) in [7, 11) is 0. The summed E-state index contributed by atoms with van der Waals surface area (Å²) in [6.07, 6.45) is 1.01. The molecule has 0 saturated carbocycles. The molecule has 18 heavy (non-hydrogen) atoms. The smallest absolute Gasteiger partial charge is 0.161 e. The first-order chi connectivity index (χ1) is 8.51. The molecule has 0 aliphatic carbocycles. The molecule has 0 amide bonds. The number of nitrogens with zero attached hydrogens (tertiary/aromatic N) is 2. The maximum Gasteiger partial charge on any atom is 0.161 e. The van der Waals surface area contributed by atoms with Crippen molar-refractivity contribution in [1.29, 1.82) is 5.26 Å². The van der Waals surface area contributed by atoms with Gasteiger partial charge in [-0.1, -0.05) is 6.92 Å². The molecule has 0 atom stereocenters. The van der Waals surface area contributed by atoms with Gasteiger partial charge in [0, 0.05) is 23.8 Å². The van der Waals surface area contributed by atoms with Gasteiger partial charge in [-0.2, -0.15) is 5.26 Å². The van der Waals surface area contributed by atoms with Gasteiger partial charge in [-0.25, -0.2) is 0 Å². The average Bonchev–Trinajstić information content (AvgIpc) is 2.34. The highest BCUT2D eigenvalue weighted by atomic mass is 16.1. The van der Waals surface area contributed by atoms with Crippen LogP contribution in [0.25, 0.3) is 0 Å². The molecular weight excluding hydrogens is 224 g/mol. The van der Waals surface area contributed by atoms with E-state index in [2.05, 4.69) is 31.7 Å². The highest BCUT2D eigenvalue weighted by Gasteiger charge is 2.16. The standard InChI is InChI=1S/C15H20N2O/c1-5-8-17(11(2)3)15-9-13(10-16)6-7-14(15)12(4)18/h6-7,9,11H,5,8H2,1-4H3. The summed E-state index contributed by atoms with van der Waals surface area (Å²) in [5.74, 6) is 0.0382. The van der Waals surface area contributed by atoms with Crippen molar-refractivity contribution in [3.8, 4) is 6.07 Å². The Morgan fingerprint density at radius 3 is 2.56 bits per heavy atom. The fraction of sp³-hybridized carbons (Fsp3) is 0.467. The Balaban J connectivity index is 3.33. The zero-order valence-electron chi connectivity index (χ0n) is 11.5. The van der Waals surface area contributed by atoms with Gasteiger partial charge >= 0.3 is 0 Å². The number of nitriles is 1. The number of rotatable bonds is 5. The molecule has 0 heterocycles. The van der Waals surface area contributed by atoms with E-state index in [0.29, 0.717) is 17.2 Å². The summed E-state index contributed by atoms with van der Waals surface area (Å²) in [4.78, 5) is 13.9. The van der Waals surface area contributed by atoms with Crippen LogP contribution in [0.1, 0.15) is 50.0 Å². The van der Waals surface area contributed by atoms with Gasteiger partial charge in [-0.15, -0.1) is 0 Å². The third-order valence-corrected chi connectivity index (χ3v) is 2.90. The molecule has 0 aromatic heterocycles. The summed E-state index contributed by atoms with van der Waals surface area (Å²) < 4.78 is 0. The molecule has 0 radical (unpaired) electrons. The molecule has 96 valence electrons. The molecule has 3 nitrogen and oxygen atoms in total. The van der Waals surface area contributed by atoms with Crippen LogP contribution in [0.2, 0.25) is 0 Å². The zero-order valence-corrected chi connectivity index (χ0v) is 11.5. The Morgan fingerprint density at radius 2 is 2.11 bits per heavy atom. The second-order valence-corrected chi connectivity index (χ2v) is 4.69. The second kappa shape index (κ2) is 6.20. The van der Waals surface area contributed by atoms with Crippen molar-refractivity contribution in [2.24, 2.45) is 0 Å². The van der Waals surface area contributed by atoms with E-state index in [1.807, 2.05) is 6.07 Å². The van der Waals surface area contributed by atoms with E-state index in [1.54, 1.807) is 19.1 Å². The lowest BCUT2D eigenvalue weighted by Crippen LogP contribution is -2.32. The molecule has 0 saturated heterocycles. The molecule has 0 N–H and O–H groups in total. The van der Waals surface area contributed by atoms with Gasteiger partial charge in [0.05, 0.1) is 11.6 Å². The molecule has 0 unspecified atom stereocenters. The Hall–Kier alpha value is -1.82. The third-order valence-electron chi connectivity index (χ3n) is 2.90.